The minimum atomic E-state index is -0.135. The van der Waals surface area contributed by atoms with Gasteiger partial charge in [0.05, 0.1) is 5.69 Å². The van der Waals surface area contributed by atoms with E-state index in [1.54, 1.807) is 31.2 Å². The Kier molecular flexibility index (Phi) is 6.41. The van der Waals surface area contributed by atoms with Crippen molar-refractivity contribution >= 4 is 28.8 Å². The van der Waals surface area contributed by atoms with Crippen LogP contribution < -0.4 is 10.1 Å². The molecule has 0 saturated heterocycles. The molecule has 7 nitrogen and oxygen atoms in total. The number of carbonyl (C=O) groups excluding carboxylic acids is 1. The standard InChI is InChI=1S/C18H19ClN4O3S/c1-11-17(18(24)20-9-3-4-15-22-12(2)23-26-15)27-16(21-11)10-25-14-7-5-13(19)6-8-14/h5-8H,3-4,9-10H2,1-2H3,(H,20,24). The van der Waals surface area contributed by atoms with Crippen LogP contribution in [-0.2, 0) is 13.0 Å². The number of aryl methyl sites for hydroxylation is 3. The summed E-state index contributed by atoms with van der Waals surface area (Å²) in [6, 6.07) is 7.11. The Morgan fingerprint density at radius 1 is 1.26 bits per heavy atom. The first-order valence-electron chi connectivity index (χ1n) is 8.43. The molecule has 1 amide bonds. The number of hydrogen-bond donors (Lipinski definition) is 1. The van der Waals surface area contributed by atoms with Gasteiger partial charge in [-0.2, -0.15) is 4.98 Å². The average molecular weight is 407 g/mol. The highest BCUT2D eigenvalue weighted by atomic mass is 35.5. The minimum absolute atomic E-state index is 0.135. The van der Waals surface area contributed by atoms with Crippen LogP contribution in [0.2, 0.25) is 5.02 Å². The molecule has 0 atom stereocenters. The van der Waals surface area contributed by atoms with E-state index in [9.17, 15) is 4.79 Å². The molecule has 2 aromatic heterocycles. The van der Waals surface area contributed by atoms with Crippen molar-refractivity contribution in [2.75, 3.05) is 6.54 Å². The van der Waals surface area contributed by atoms with Crippen LogP contribution in [0.25, 0.3) is 0 Å². The van der Waals surface area contributed by atoms with E-state index in [0.29, 0.717) is 52.6 Å². The molecule has 0 bridgehead atoms. The topological polar surface area (TPSA) is 90.1 Å². The van der Waals surface area contributed by atoms with Gasteiger partial charge in [-0.25, -0.2) is 4.98 Å². The lowest BCUT2D eigenvalue weighted by Crippen LogP contribution is -2.24. The molecule has 0 fully saturated rings. The molecule has 0 saturated carbocycles. The summed E-state index contributed by atoms with van der Waals surface area (Å²) in [6.07, 6.45) is 1.35. The first-order valence-corrected chi connectivity index (χ1v) is 9.63. The molecule has 1 aromatic carbocycles. The van der Waals surface area contributed by atoms with Crippen molar-refractivity contribution in [1.82, 2.24) is 20.4 Å². The smallest absolute Gasteiger partial charge is 0.263 e. The molecule has 0 aliphatic heterocycles. The number of thiazole rings is 1. The Morgan fingerprint density at radius 2 is 2.04 bits per heavy atom. The number of nitrogens with zero attached hydrogens (tertiary/aromatic N) is 3. The number of amides is 1. The normalized spacial score (nSPS) is 10.8. The second-order valence-electron chi connectivity index (χ2n) is 5.86. The number of halogens is 1. The largest absolute Gasteiger partial charge is 0.486 e. The summed E-state index contributed by atoms with van der Waals surface area (Å²) in [5.41, 5.74) is 0.694. The summed E-state index contributed by atoms with van der Waals surface area (Å²) in [7, 11) is 0. The van der Waals surface area contributed by atoms with Gasteiger partial charge in [-0.1, -0.05) is 16.8 Å². The Bertz CT molecular complexity index is 908. The monoisotopic (exact) mass is 406 g/mol. The maximum Gasteiger partial charge on any atom is 0.263 e. The molecule has 0 unspecified atom stereocenters. The fraction of sp³-hybridized carbons (Fsp3) is 0.333. The van der Waals surface area contributed by atoms with Crippen LogP contribution in [0.15, 0.2) is 28.8 Å². The number of hydrogen-bond acceptors (Lipinski definition) is 7. The molecule has 0 aliphatic rings. The fourth-order valence-electron chi connectivity index (χ4n) is 2.36. The molecule has 3 rings (SSSR count). The Labute approximate surface area is 165 Å². The SMILES string of the molecule is Cc1noc(CCCNC(=O)c2sc(COc3ccc(Cl)cc3)nc2C)n1. The van der Waals surface area contributed by atoms with Crippen LogP contribution in [0.4, 0.5) is 0 Å². The van der Waals surface area contributed by atoms with E-state index in [1.165, 1.54) is 11.3 Å². The summed E-state index contributed by atoms with van der Waals surface area (Å²) in [4.78, 5) is 21.5. The summed E-state index contributed by atoms with van der Waals surface area (Å²) >= 11 is 7.19. The lowest BCUT2D eigenvalue weighted by Gasteiger charge is -2.03. The number of benzene rings is 1. The van der Waals surface area contributed by atoms with Gasteiger partial charge < -0.3 is 14.6 Å². The van der Waals surface area contributed by atoms with E-state index in [2.05, 4.69) is 20.4 Å². The number of rotatable bonds is 8. The van der Waals surface area contributed by atoms with Gasteiger partial charge in [0.15, 0.2) is 5.82 Å². The molecule has 27 heavy (non-hydrogen) atoms. The van der Waals surface area contributed by atoms with Crippen LogP contribution in [-0.4, -0.2) is 27.6 Å². The van der Waals surface area contributed by atoms with Crippen molar-refractivity contribution in [3.8, 4) is 5.75 Å². The van der Waals surface area contributed by atoms with Crippen LogP contribution in [0.1, 0.15) is 38.5 Å². The molecule has 0 aliphatic carbocycles. The second-order valence-corrected chi connectivity index (χ2v) is 7.38. The van der Waals surface area contributed by atoms with E-state index in [0.717, 1.165) is 11.4 Å². The van der Waals surface area contributed by atoms with Crippen molar-refractivity contribution in [3.63, 3.8) is 0 Å². The van der Waals surface area contributed by atoms with Gasteiger partial charge in [0.25, 0.3) is 5.91 Å². The van der Waals surface area contributed by atoms with Crippen LogP contribution >= 0.6 is 22.9 Å². The third-order valence-corrected chi connectivity index (χ3v) is 5.03. The molecule has 3 aromatic rings. The van der Waals surface area contributed by atoms with Gasteiger partial charge in [0.2, 0.25) is 5.89 Å². The first-order chi connectivity index (χ1) is 13.0. The molecular formula is C18H19ClN4O3S. The van der Waals surface area contributed by atoms with Gasteiger partial charge in [-0.05, 0) is 44.5 Å². The number of aromatic nitrogens is 3. The fourth-order valence-corrected chi connectivity index (χ4v) is 3.38. The lowest BCUT2D eigenvalue weighted by atomic mass is 10.3. The predicted octanol–water partition coefficient (Wildman–Crippen LogP) is 3.74. The van der Waals surface area contributed by atoms with Crippen molar-refractivity contribution in [1.29, 1.82) is 0 Å². The number of nitrogens with one attached hydrogen (secondary N) is 1. The van der Waals surface area contributed by atoms with Crippen LogP contribution in [0, 0.1) is 13.8 Å². The van der Waals surface area contributed by atoms with Gasteiger partial charge >= 0.3 is 0 Å². The van der Waals surface area contributed by atoms with E-state index < -0.39 is 0 Å². The lowest BCUT2D eigenvalue weighted by molar-refractivity contribution is 0.0956. The van der Waals surface area contributed by atoms with Crippen molar-refractivity contribution < 1.29 is 14.1 Å². The maximum absolute atomic E-state index is 12.4. The van der Waals surface area contributed by atoms with Crippen LogP contribution in [0.5, 0.6) is 5.75 Å². The van der Waals surface area contributed by atoms with Gasteiger partial charge in [0, 0.05) is 18.0 Å². The highest BCUT2D eigenvalue weighted by molar-refractivity contribution is 7.13. The predicted molar refractivity (Wildman–Crippen MR) is 102 cm³/mol. The van der Waals surface area contributed by atoms with Crippen molar-refractivity contribution in [2.45, 2.75) is 33.3 Å². The Hall–Kier alpha value is -2.45. The molecule has 142 valence electrons. The van der Waals surface area contributed by atoms with Gasteiger partial charge in [-0.3, -0.25) is 4.79 Å². The molecular weight excluding hydrogens is 388 g/mol. The van der Waals surface area contributed by atoms with E-state index in [-0.39, 0.29) is 5.91 Å². The summed E-state index contributed by atoms with van der Waals surface area (Å²) in [5.74, 6) is 1.76. The minimum Gasteiger partial charge on any atom is -0.486 e. The molecule has 0 radical (unpaired) electrons. The highest BCUT2D eigenvalue weighted by Crippen LogP contribution is 2.21. The number of ether oxygens (including phenoxy) is 1. The summed E-state index contributed by atoms with van der Waals surface area (Å²) < 4.78 is 10.7. The second kappa shape index (κ2) is 8.96. The third kappa shape index (κ3) is 5.51. The summed E-state index contributed by atoms with van der Waals surface area (Å²) in [5, 5.41) is 8.03. The highest BCUT2D eigenvalue weighted by Gasteiger charge is 2.15. The van der Waals surface area contributed by atoms with E-state index in [1.807, 2.05) is 6.92 Å². The zero-order valence-corrected chi connectivity index (χ0v) is 16.6. The average Bonchev–Trinajstić information content (AvgIpc) is 3.23. The molecule has 1 N–H and O–H groups in total. The molecule has 2 heterocycles. The van der Waals surface area contributed by atoms with E-state index >= 15 is 0 Å². The molecule has 9 heteroatoms. The Balaban J connectivity index is 1.47. The zero-order chi connectivity index (χ0) is 19.2. The Morgan fingerprint density at radius 3 is 2.74 bits per heavy atom. The van der Waals surface area contributed by atoms with Gasteiger partial charge in [-0.15, -0.1) is 11.3 Å². The van der Waals surface area contributed by atoms with Crippen LogP contribution in [0.3, 0.4) is 0 Å². The third-order valence-electron chi connectivity index (χ3n) is 3.65. The first kappa shape index (κ1) is 19.3. The maximum atomic E-state index is 12.4. The summed E-state index contributed by atoms with van der Waals surface area (Å²) in [6.45, 7) is 4.42. The van der Waals surface area contributed by atoms with E-state index in [4.69, 9.17) is 20.9 Å². The van der Waals surface area contributed by atoms with Crippen molar-refractivity contribution in [2.24, 2.45) is 0 Å². The van der Waals surface area contributed by atoms with Crippen molar-refractivity contribution in [3.05, 3.63) is 56.6 Å². The molecule has 0 spiro atoms. The number of carbonyl (C=O) groups is 1. The quantitative estimate of drug-likeness (QED) is 0.573. The van der Waals surface area contributed by atoms with Gasteiger partial charge in [0.1, 0.15) is 22.2 Å². The zero-order valence-electron chi connectivity index (χ0n) is 15.0.